The van der Waals surface area contributed by atoms with Crippen LogP contribution in [0.2, 0.25) is 5.02 Å². The maximum Gasteiger partial charge on any atom is 0.255 e. The van der Waals surface area contributed by atoms with E-state index in [1.54, 1.807) is 31.2 Å². The number of carbonyl (C=O) groups is 1. The van der Waals surface area contributed by atoms with Gasteiger partial charge in [0, 0.05) is 16.8 Å². The summed E-state index contributed by atoms with van der Waals surface area (Å²) in [5.74, 6) is -0.988. The van der Waals surface area contributed by atoms with E-state index in [2.05, 4.69) is 10.5 Å². The molecule has 0 aliphatic heterocycles. The second-order valence-electron chi connectivity index (χ2n) is 4.35. The Morgan fingerprint density at radius 2 is 2.00 bits per heavy atom. The van der Waals surface area contributed by atoms with Crippen molar-refractivity contribution in [2.24, 2.45) is 5.16 Å². The highest BCUT2D eigenvalue weighted by Crippen LogP contribution is 2.18. The molecule has 0 unspecified atom stereocenters. The molecular formula is C15H12ClFN2O2. The smallest absolute Gasteiger partial charge is 0.255 e. The Labute approximate surface area is 125 Å². The van der Waals surface area contributed by atoms with E-state index >= 15 is 0 Å². The fourth-order valence-corrected chi connectivity index (χ4v) is 1.90. The van der Waals surface area contributed by atoms with Crippen molar-refractivity contribution in [3.05, 3.63) is 64.4 Å². The standard InChI is InChI=1S/C15H12ClFN2O2/c1-9(19-21)10-3-2-4-12(7-10)18-15(20)11-5-6-14(17)13(16)8-11/h2-8,21H,1H3,(H,18,20)/b19-9-. The summed E-state index contributed by atoms with van der Waals surface area (Å²) in [5, 5.41) is 14.4. The van der Waals surface area contributed by atoms with Crippen LogP contribution >= 0.6 is 11.6 Å². The molecule has 0 spiro atoms. The van der Waals surface area contributed by atoms with Gasteiger partial charge in [0.2, 0.25) is 0 Å². The summed E-state index contributed by atoms with van der Waals surface area (Å²) in [6.45, 7) is 1.64. The molecule has 2 aromatic rings. The molecule has 2 N–H and O–H groups in total. The Morgan fingerprint density at radius 1 is 1.24 bits per heavy atom. The fourth-order valence-electron chi connectivity index (χ4n) is 1.72. The van der Waals surface area contributed by atoms with E-state index in [-0.39, 0.29) is 10.6 Å². The molecule has 0 aliphatic rings. The fraction of sp³-hybridized carbons (Fsp3) is 0.0667. The maximum atomic E-state index is 13.1. The van der Waals surface area contributed by atoms with Crippen molar-refractivity contribution in [3.8, 4) is 0 Å². The van der Waals surface area contributed by atoms with Crippen LogP contribution in [0.4, 0.5) is 10.1 Å². The molecule has 0 heterocycles. The van der Waals surface area contributed by atoms with Crippen LogP contribution in [0.5, 0.6) is 0 Å². The third-order valence-corrected chi connectivity index (χ3v) is 3.16. The number of amides is 1. The Balaban J connectivity index is 2.21. The van der Waals surface area contributed by atoms with Gasteiger partial charge in [-0.25, -0.2) is 4.39 Å². The number of carbonyl (C=O) groups excluding carboxylic acids is 1. The van der Waals surface area contributed by atoms with E-state index in [1.807, 2.05) is 0 Å². The highest BCUT2D eigenvalue weighted by atomic mass is 35.5. The van der Waals surface area contributed by atoms with Gasteiger partial charge in [-0.05, 0) is 37.3 Å². The first-order valence-corrected chi connectivity index (χ1v) is 6.44. The zero-order valence-corrected chi connectivity index (χ0v) is 11.9. The molecule has 1 amide bonds. The lowest BCUT2D eigenvalue weighted by atomic mass is 10.1. The van der Waals surface area contributed by atoms with E-state index in [0.717, 1.165) is 6.07 Å². The quantitative estimate of drug-likeness (QED) is 0.513. The highest BCUT2D eigenvalue weighted by molar-refractivity contribution is 6.31. The van der Waals surface area contributed by atoms with E-state index in [9.17, 15) is 9.18 Å². The minimum atomic E-state index is -0.579. The van der Waals surface area contributed by atoms with Gasteiger partial charge in [0.15, 0.2) is 0 Å². The van der Waals surface area contributed by atoms with Crippen LogP contribution in [0.15, 0.2) is 47.6 Å². The number of hydrogen-bond acceptors (Lipinski definition) is 3. The summed E-state index contributed by atoms with van der Waals surface area (Å²) in [5.41, 5.74) is 1.88. The Morgan fingerprint density at radius 3 is 2.67 bits per heavy atom. The first-order chi connectivity index (χ1) is 10.0. The highest BCUT2D eigenvalue weighted by Gasteiger charge is 2.09. The summed E-state index contributed by atoms with van der Waals surface area (Å²) < 4.78 is 13.1. The van der Waals surface area contributed by atoms with Crippen LogP contribution in [0.3, 0.4) is 0 Å². The van der Waals surface area contributed by atoms with E-state index in [0.29, 0.717) is 17.0 Å². The predicted molar refractivity (Wildman–Crippen MR) is 79.8 cm³/mol. The molecule has 0 bridgehead atoms. The third-order valence-electron chi connectivity index (χ3n) is 2.87. The minimum absolute atomic E-state index is 0.111. The first-order valence-electron chi connectivity index (χ1n) is 6.07. The number of oxime groups is 1. The van der Waals surface area contributed by atoms with E-state index in [1.165, 1.54) is 12.1 Å². The number of nitrogens with zero attached hydrogens (tertiary/aromatic N) is 1. The molecule has 6 heteroatoms. The van der Waals surface area contributed by atoms with Gasteiger partial charge in [-0.15, -0.1) is 0 Å². The largest absolute Gasteiger partial charge is 0.411 e. The third kappa shape index (κ3) is 3.58. The molecule has 0 aromatic heterocycles. The van der Waals surface area contributed by atoms with Crippen LogP contribution < -0.4 is 5.32 Å². The molecule has 0 radical (unpaired) electrons. The van der Waals surface area contributed by atoms with Crippen molar-refractivity contribution in [2.45, 2.75) is 6.92 Å². The van der Waals surface area contributed by atoms with Crippen molar-refractivity contribution >= 4 is 28.9 Å². The van der Waals surface area contributed by atoms with Crippen LogP contribution in [-0.2, 0) is 0 Å². The monoisotopic (exact) mass is 306 g/mol. The molecule has 2 rings (SSSR count). The molecule has 4 nitrogen and oxygen atoms in total. The second kappa shape index (κ2) is 6.37. The number of rotatable bonds is 3. The summed E-state index contributed by atoms with van der Waals surface area (Å²) >= 11 is 5.65. The van der Waals surface area contributed by atoms with Crippen molar-refractivity contribution in [3.63, 3.8) is 0 Å². The van der Waals surface area contributed by atoms with Crippen LogP contribution in [-0.4, -0.2) is 16.8 Å². The predicted octanol–water partition coefficient (Wildman–Crippen LogP) is 3.93. The SMILES string of the molecule is C/C(=N/O)c1cccc(NC(=O)c2ccc(F)c(Cl)c2)c1. The molecule has 0 saturated heterocycles. The topological polar surface area (TPSA) is 61.7 Å². The lowest BCUT2D eigenvalue weighted by Crippen LogP contribution is -2.12. The van der Waals surface area contributed by atoms with Gasteiger partial charge in [-0.3, -0.25) is 4.79 Å². The average molecular weight is 307 g/mol. The van der Waals surface area contributed by atoms with Crippen molar-refractivity contribution in [2.75, 3.05) is 5.32 Å². The zero-order valence-electron chi connectivity index (χ0n) is 11.1. The first kappa shape index (κ1) is 15.0. The number of halogens is 2. The van der Waals surface area contributed by atoms with Gasteiger partial charge >= 0.3 is 0 Å². The van der Waals surface area contributed by atoms with Gasteiger partial charge in [0.05, 0.1) is 10.7 Å². The zero-order chi connectivity index (χ0) is 15.4. The molecule has 2 aromatic carbocycles. The van der Waals surface area contributed by atoms with E-state index < -0.39 is 11.7 Å². The summed E-state index contributed by atoms with van der Waals surface area (Å²) in [6, 6.07) is 10.6. The maximum absolute atomic E-state index is 13.1. The molecular weight excluding hydrogens is 295 g/mol. The lowest BCUT2D eigenvalue weighted by Gasteiger charge is -2.07. The molecule has 0 aliphatic carbocycles. The average Bonchev–Trinajstić information content (AvgIpc) is 2.49. The molecule has 0 saturated carbocycles. The van der Waals surface area contributed by atoms with Gasteiger partial charge in [0.25, 0.3) is 5.91 Å². The van der Waals surface area contributed by atoms with Crippen molar-refractivity contribution in [1.29, 1.82) is 0 Å². The molecule has 0 atom stereocenters. The van der Waals surface area contributed by atoms with E-state index in [4.69, 9.17) is 16.8 Å². The van der Waals surface area contributed by atoms with Crippen LogP contribution in [0.1, 0.15) is 22.8 Å². The van der Waals surface area contributed by atoms with Crippen molar-refractivity contribution < 1.29 is 14.4 Å². The Kier molecular flexibility index (Phi) is 4.55. The van der Waals surface area contributed by atoms with Crippen molar-refractivity contribution in [1.82, 2.24) is 0 Å². The van der Waals surface area contributed by atoms with Gasteiger partial charge in [0.1, 0.15) is 5.82 Å². The summed E-state index contributed by atoms with van der Waals surface area (Å²) in [4.78, 5) is 12.1. The Bertz CT molecular complexity index is 717. The van der Waals surface area contributed by atoms with Gasteiger partial charge < -0.3 is 10.5 Å². The summed E-state index contributed by atoms with van der Waals surface area (Å²) in [7, 11) is 0. The molecule has 21 heavy (non-hydrogen) atoms. The van der Waals surface area contributed by atoms with Gasteiger partial charge in [-0.1, -0.05) is 28.9 Å². The molecule has 108 valence electrons. The second-order valence-corrected chi connectivity index (χ2v) is 4.76. The number of anilines is 1. The summed E-state index contributed by atoms with van der Waals surface area (Å²) in [6.07, 6.45) is 0. The van der Waals surface area contributed by atoms with Crippen LogP contribution in [0.25, 0.3) is 0 Å². The lowest BCUT2D eigenvalue weighted by molar-refractivity contribution is 0.102. The minimum Gasteiger partial charge on any atom is -0.411 e. The Hall–Kier alpha value is -2.40. The van der Waals surface area contributed by atoms with Crippen LogP contribution in [0, 0.1) is 5.82 Å². The number of hydrogen-bond donors (Lipinski definition) is 2. The normalized spacial score (nSPS) is 11.3. The number of benzene rings is 2. The molecule has 0 fully saturated rings. The van der Waals surface area contributed by atoms with Gasteiger partial charge in [-0.2, -0.15) is 0 Å². The number of nitrogens with one attached hydrogen (secondary N) is 1.